The van der Waals surface area contributed by atoms with Gasteiger partial charge in [-0.1, -0.05) is 132 Å². The average molecular weight is 753 g/mol. The predicted octanol–water partition coefficient (Wildman–Crippen LogP) is 10.6. The highest BCUT2D eigenvalue weighted by Gasteiger charge is 2.26. The van der Waals surface area contributed by atoms with Gasteiger partial charge in [0.05, 0.1) is 26.4 Å². The highest BCUT2D eigenvalue weighted by Crippen LogP contribution is 2.43. The van der Waals surface area contributed by atoms with Crippen LogP contribution in [0.2, 0.25) is 0 Å². The van der Waals surface area contributed by atoms with Crippen molar-refractivity contribution in [1.29, 1.82) is 0 Å². The molecule has 3 atom stereocenters. The van der Waals surface area contributed by atoms with E-state index in [-0.39, 0.29) is 13.0 Å². The van der Waals surface area contributed by atoms with Crippen LogP contribution in [0.3, 0.4) is 0 Å². The summed E-state index contributed by atoms with van der Waals surface area (Å²) in [5.41, 5.74) is 0. The fourth-order valence-electron chi connectivity index (χ4n) is 4.91. The van der Waals surface area contributed by atoms with Gasteiger partial charge >= 0.3 is 13.8 Å². The number of hydrogen-bond donors (Lipinski definition) is 3. The number of rotatable bonds is 37. The zero-order chi connectivity index (χ0) is 38.2. The van der Waals surface area contributed by atoms with Gasteiger partial charge in [0.25, 0.3) is 0 Å². The number of unbranched alkanes of at least 4 members (excludes halogenated alkanes) is 11. The summed E-state index contributed by atoms with van der Waals surface area (Å²) in [7, 11) is -4.53. The van der Waals surface area contributed by atoms with E-state index in [4.69, 9.17) is 23.6 Å². The van der Waals surface area contributed by atoms with E-state index < -0.39 is 45.8 Å². The molecule has 0 heterocycles. The molecule has 0 aliphatic heterocycles. The molecular formula is C42H73O9P. The second-order valence-electron chi connectivity index (χ2n) is 12.9. The Morgan fingerprint density at radius 2 is 1.04 bits per heavy atom. The maximum absolute atomic E-state index is 12.6. The molecule has 0 aromatic heterocycles. The van der Waals surface area contributed by atoms with Crippen molar-refractivity contribution in [3.05, 3.63) is 72.9 Å². The molecule has 0 spiro atoms. The minimum atomic E-state index is -4.53. The molecule has 3 unspecified atom stereocenters. The zero-order valence-electron chi connectivity index (χ0n) is 32.5. The number of carbonyl (C=O) groups is 1. The van der Waals surface area contributed by atoms with Crippen LogP contribution in [-0.2, 0) is 27.9 Å². The fraction of sp³-hybridized carbons (Fsp3) is 0.690. The maximum atomic E-state index is 12.6. The molecule has 10 heteroatoms. The molecule has 0 amide bonds. The van der Waals surface area contributed by atoms with Gasteiger partial charge in [0.1, 0.15) is 12.2 Å². The lowest BCUT2D eigenvalue weighted by atomic mass is 10.1. The summed E-state index contributed by atoms with van der Waals surface area (Å²) >= 11 is 0. The van der Waals surface area contributed by atoms with Gasteiger partial charge in [-0.15, -0.1) is 0 Å². The smallest absolute Gasteiger partial charge is 0.457 e. The number of allylic oxidation sites excluding steroid dienone is 12. The van der Waals surface area contributed by atoms with Crippen LogP contribution in [-0.4, -0.2) is 66.3 Å². The number of ether oxygens (including phenoxy) is 2. The minimum absolute atomic E-state index is 0.0258. The van der Waals surface area contributed by atoms with Crippen LogP contribution in [0.5, 0.6) is 0 Å². The van der Waals surface area contributed by atoms with Gasteiger partial charge in [-0.05, 0) is 77.0 Å². The molecule has 0 fully saturated rings. The van der Waals surface area contributed by atoms with Crippen LogP contribution in [0.15, 0.2) is 72.9 Å². The maximum Gasteiger partial charge on any atom is 0.472 e. The Morgan fingerprint density at radius 3 is 1.56 bits per heavy atom. The number of carbonyl (C=O) groups excluding carboxylic acids is 1. The van der Waals surface area contributed by atoms with E-state index in [1.165, 1.54) is 19.3 Å². The number of phosphoric ester groups is 1. The Labute approximate surface area is 316 Å². The van der Waals surface area contributed by atoms with Crippen LogP contribution in [0.25, 0.3) is 0 Å². The SMILES string of the molecule is CC/C=C\C/C=C\C/C=C\CCCCCCCCCC(=O)OC(COCCCCCC/C=C\C/C=C\C/C=C\CC)COP(=O)(O)OCC(O)CO. The molecule has 0 saturated heterocycles. The summed E-state index contributed by atoms with van der Waals surface area (Å²) in [6.07, 6.45) is 44.3. The molecule has 0 saturated carbocycles. The topological polar surface area (TPSA) is 132 Å². The largest absolute Gasteiger partial charge is 0.472 e. The molecule has 0 aliphatic rings. The van der Waals surface area contributed by atoms with Crippen LogP contribution in [0.1, 0.15) is 142 Å². The highest BCUT2D eigenvalue weighted by molar-refractivity contribution is 7.47. The Kier molecular flexibility index (Phi) is 37.1. The van der Waals surface area contributed by atoms with Gasteiger partial charge in [0.2, 0.25) is 0 Å². The molecule has 0 radical (unpaired) electrons. The third kappa shape index (κ3) is 37.7. The van der Waals surface area contributed by atoms with Gasteiger partial charge in [-0.3, -0.25) is 13.8 Å². The second kappa shape index (κ2) is 38.6. The summed E-state index contributed by atoms with van der Waals surface area (Å²) in [5, 5.41) is 18.3. The fourth-order valence-corrected chi connectivity index (χ4v) is 5.70. The molecule has 3 N–H and O–H groups in total. The van der Waals surface area contributed by atoms with E-state index in [9.17, 15) is 19.4 Å². The lowest BCUT2D eigenvalue weighted by Gasteiger charge is -2.20. The Morgan fingerprint density at radius 1 is 0.596 bits per heavy atom. The Bertz CT molecular complexity index is 1030. The first-order chi connectivity index (χ1) is 25.3. The number of aliphatic hydroxyl groups excluding tert-OH is 2. The van der Waals surface area contributed by atoms with Gasteiger partial charge in [0.15, 0.2) is 0 Å². The second-order valence-corrected chi connectivity index (χ2v) is 14.3. The molecule has 0 aromatic rings. The minimum Gasteiger partial charge on any atom is -0.457 e. The molecule has 52 heavy (non-hydrogen) atoms. The van der Waals surface area contributed by atoms with Gasteiger partial charge in [-0.2, -0.15) is 0 Å². The summed E-state index contributed by atoms with van der Waals surface area (Å²) in [4.78, 5) is 22.5. The van der Waals surface area contributed by atoms with E-state index in [1.807, 2.05) is 0 Å². The van der Waals surface area contributed by atoms with Crippen molar-refractivity contribution in [2.24, 2.45) is 0 Å². The van der Waals surface area contributed by atoms with E-state index >= 15 is 0 Å². The average Bonchev–Trinajstić information content (AvgIpc) is 3.13. The van der Waals surface area contributed by atoms with Crippen LogP contribution in [0.4, 0.5) is 0 Å². The summed E-state index contributed by atoms with van der Waals surface area (Å²) in [5.74, 6) is -0.405. The number of phosphoric acid groups is 1. The summed E-state index contributed by atoms with van der Waals surface area (Å²) in [6.45, 7) is 3.20. The first-order valence-corrected chi connectivity index (χ1v) is 21.4. The van der Waals surface area contributed by atoms with E-state index in [2.05, 4.69) is 86.8 Å². The van der Waals surface area contributed by atoms with Gasteiger partial charge in [0, 0.05) is 13.0 Å². The Hall–Kier alpha value is -2.10. The van der Waals surface area contributed by atoms with Gasteiger partial charge < -0.3 is 24.6 Å². The summed E-state index contributed by atoms with van der Waals surface area (Å²) in [6, 6.07) is 0. The lowest BCUT2D eigenvalue weighted by Crippen LogP contribution is -2.29. The van der Waals surface area contributed by atoms with Crippen molar-refractivity contribution >= 4 is 13.8 Å². The van der Waals surface area contributed by atoms with E-state index in [0.717, 1.165) is 96.3 Å². The van der Waals surface area contributed by atoms with Crippen molar-refractivity contribution in [1.82, 2.24) is 0 Å². The molecule has 0 rings (SSSR count). The Balaban J connectivity index is 4.28. The third-order valence-corrected chi connectivity index (χ3v) is 8.84. The molecular weight excluding hydrogens is 679 g/mol. The quantitative estimate of drug-likeness (QED) is 0.0245. The molecule has 0 bridgehead atoms. The van der Waals surface area contributed by atoms with Crippen molar-refractivity contribution in [3.63, 3.8) is 0 Å². The van der Waals surface area contributed by atoms with E-state index in [1.54, 1.807) is 0 Å². The number of aliphatic hydroxyl groups is 2. The highest BCUT2D eigenvalue weighted by atomic mass is 31.2. The number of hydrogen-bond acceptors (Lipinski definition) is 8. The number of esters is 1. The van der Waals surface area contributed by atoms with Gasteiger partial charge in [-0.25, -0.2) is 4.57 Å². The van der Waals surface area contributed by atoms with Crippen LogP contribution in [0, 0.1) is 0 Å². The summed E-state index contributed by atoms with van der Waals surface area (Å²) < 4.78 is 33.2. The van der Waals surface area contributed by atoms with Crippen LogP contribution < -0.4 is 0 Å². The monoisotopic (exact) mass is 752 g/mol. The standard InChI is InChI=1S/C42H73O9P/c1-3-5-7-9-11-13-15-17-19-20-21-22-24-26-28-30-32-34-42(45)51-41(39-50-52(46,47)49-37-40(44)36-43)38-48-35-33-31-29-27-25-23-18-16-14-12-10-8-6-4-2/h5-8,11-14,17-19,23,40-41,43-44H,3-4,9-10,15-16,20-22,24-39H2,1-2H3,(H,46,47)/b7-5-,8-6-,13-11-,14-12-,19-17-,23-18-. The molecule has 300 valence electrons. The third-order valence-electron chi connectivity index (χ3n) is 7.89. The van der Waals surface area contributed by atoms with Crippen molar-refractivity contribution in [3.8, 4) is 0 Å². The van der Waals surface area contributed by atoms with E-state index in [0.29, 0.717) is 13.0 Å². The normalized spacial score (nSPS) is 14.9. The molecule has 0 aromatic carbocycles. The van der Waals surface area contributed by atoms with Crippen LogP contribution >= 0.6 is 7.82 Å². The van der Waals surface area contributed by atoms with Crippen molar-refractivity contribution in [2.75, 3.05) is 33.0 Å². The predicted molar refractivity (Wildman–Crippen MR) is 214 cm³/mol. The molecule has 0 aliphatic carbocycles. The molecule has 9 nitrogen and oxygen atoms in total. The zero-order valence-corrected chi connectivity index (χ0v) is 33.4. The first-order valence-electron chi connectivity index (χ1n) is 19.9. The first kappa shape index (κ1) is 49.9. The van der Waals surface area contributed by atoms with Crippen molar-refractivity contribution in [2.45, 2.75) is 154 Å². The van der Waals surface area contributed by atoms with Crippen molar-refractivity contribution < 1.29 is 43.0 Å². The lowest BCUT2D eigenvalue weighted by molar-refractivity contribution is -0.154.